The Bertz CT molecular complexity index is 1100. The van der Waals surface area contributed by atoms with Crippen molar-refractivity contribution in [3.8, 4) is 11.5 Å². The highest BCUT2D eigenvalue weighted by Gasteiger charge is 2.11. The Hall–Kier alpha value is -3.87. The normalized spacial score (nSPS) is 10.4. The molecule has 0 atom stereocenters. The average molecular weight is 436 g/mol. The van der Waals surface area contributed by atoms with Crippen molar-refractivity contribution in [3.05, 3.63) is 71.8 Å². The minimum Gasteiger partial charge on any atom is -0.494 e. The fraction of sp³-hybridized carbons (Fsp3) is 0.240. The molecule has 0 aliphatic carbocycles. The first kappa shape index (κ1) is 22.8. The standard InChI is InChI=1S/C25H24O7/c1-17(26)30-13-3-4-14-31-23-12-9-19-15-21(6-5-20(19)16-23)25(28)32-22-10-7-18(8-11-22)24(27)29-2/h5-12,15-16H,3-4,13-14H2,1-2H3. The highest BCUT2D eigenvalue weighted by molar-refractivity contribution is 5.97. The summed E-state index contributed by atoms with van der Waals surface area (Å²) in [6, 6.07) is 17.1. The highest BCUT2D eigenvalue weighted by atomic mass is 16.5. The number of fused-ring (bicyclic) bond motifs is 1. The molecule has 0 saturated carbocycles. The molecule has 7 heteroatoms. The lowest BCUT2D eigenvalue weighted by atomic mass is 10.1. The molecule has 3 rings (SSSR count). The van der Waals surface area contributed by atoms with E-state index in [-0.39, 0.29) is 5.97 Å². The average Bonchev–Trinajstić information content (AvgIpc) is 2.80. The van der Waals surface area contributed by atoms with Gasteiger partial charge in [0, 0.05) is 6.92 Å². The van der Waals surface area contributed by atoms with Crippen LogP contribution in [0.2, 0.25) is 0 Å². The van der Waals surface area contributed by atoms with Gasteiger partial charge < -0.3 is 18.9 Å². The molecular weight excluding hydrogens is 412 g/mol. The van der Waals surface area contributed by atoms with Gasteiger partial charge in [-0.15, -0.1) is 0 Å². The Morgan fingerprint density at radius 2 is 1.34 bits per heavy atom. The largest absolute Gasteiger partial charge is 0.494 e. The fourth-order valence-corrected chi connectivity index (χ4v) is 2.99. The van der Waals surface area contributed by atoms with Gasteiger partial charge >= 0.3 is 17.9 Å². The van der Waals surface area contributed by atoms with Gasteiger partial charge in [0.25, 0.3) is 0 Å². The van der Waals surface area contributed by atoms with Crippen LogP contribution in [0.4, 0.5) is 0 Å². The molecule has 0 aliphatic rings. The number of carbonyl (C=O) groups is 3. The van der Waals surface area contributed by atoms with E-state index < -0.39 is 11.9 Å². The lowest BCUT2D eigenvalue weighted by Crippen LogP contribution is -2.08. The van der Waals surface area contributed by atoms with E-state index in [1.807, 2.05) is 24.3 Å². The SMILES string of the molecule is COC(=O)c1ccc(OC(=O)c2ccc3cc(OCCCCOC(C)=O)ccc3c2)cc1. The van der Waals surface area contributed by atoms with Gasteiger partial charge in [0.15, 0.2) is 0 Å². The summed E-state index contributed by atoms with van der Waals surface area (Å²) in [5.74, 6) is -0.167. The third kappa shape index (κ3) is 6.31. The van der Waals surface area contributed by atoms with E-state index in [0.717, 1.165) is 29.4 Å². The van der Waals surface area contributed by atoms with Crippen LogP contribution in [-0.4, -0.2) is 38.2 Å². The van der Waals surface area contributed by atoms with Gasteiger partial charge in [0.05, 0.1) is 31.5 Å². The Morgan fingerprint density at radius 1 is 0.719 bits per heavy atom. The molecule has 32 heavy (non-hydrogen) atoms. The smallest absolute Gasteiger partial charge is 0.343 e. The van der Waals surface area contributed by atoms with E-state index in [1.54, 1.807) is 24.3 Å². The first-order valence-corrected chi connectivity index (χ1v) is 10.2. The second-order valence-corrected chi connectivity index (χ2v) is 7.02. The number of hydrogen-bond donors (Lipinski definition) is 0. The first-order valence-electron chi connectivity index (χ1n) is 10.2. The van der Waals surface area contributed by atoms with Crippen LogP contribution in [0.5, 0.6) is 11.5 Å². The molecule has 0 aliphatic heterocycles. The van der Waals surface area contributed by atoms with Crippen molar-refractivity contribution in [2.24, 2.45) is 0 Å². The molecule has 0 unspecified atom stereocenters. The second-order valence-electron chi connectivity index (χ2n) is 7.02. The topological polar surface area (TPSA) is 88.1 Å². The zero-order valence-corrected chi connectivity index (χ0v) is 18.0. The van der Waals surface area contributed by atoms with E-state index in [4.69, 9.17) is 14.2 Å². The maximum atomic E-state index is 12.5. The Labute approximate surface area is 185 Å². The molecular formula is C25H24O7. The van der Waals surface area contributed by atoms with Gasteiger partial charge in [-0.05, 0) is 72.1 Å². The third-order valence-corrected chi connectivity index (χ3v) is 4.65. The van der Waals surface area contributed by atoms with Gasteiger partial charge in [0.2, 0.25) is 0 Å². The molecule has 0 fully saturated rings. The fourth-order valence-electron chi connectivity index (χ4n) is 2.99. The maximum absolute atomic E-state index is 12.5. The quantitative estimate of drug-likeness (QED) is 0.276. The summed E-state index contributed by atoms with van der Waals surface area (Å²) in [6.07, 6.45) is 1.51. The van der Waals surface area contributed by atoms with E-state index >= 15 is 0 Å². The summed E-state index contributed by atoms with van der Waals surface area (Å²) in [6.45, 7) is 2.30. The van der Waals surface area contributed by atoms with Crippen LogP contribution in [0.25, 0.3) is 10.8 Å². The van der Waals surface area contributed by atoms with Gasteiger partial charge in [-0.25, -0.2) is 9.59 Å². The van der Waals surface area contributed by atoms with Crippen molar-refractivity contribution in [3.63, 3.8) is 0 Å². The molecule has 0 aromatic heterocycles. The summed E-state index contributed by atoms with van der Waals surface area (Å²) < 4.78 is 20.7. The second kappa shape index (κ2) is 10.9. The number of benzene rings is 3. The zero-order chi connectivity index (χ0) is 22.9. The van der Waals surface area contributed by atoms with Crippen molar-refractivity contribution in [1.82, 2.24) is 0 Å². The van der Waals surface area contributed by atoms with Crippen molar-refractivity contribution in [1.29, 1.82) is 0 Å². The van der Waals surface area contributed by atoms with E-state index in [0.29, 0.717) is 30.1 Å². The van der Waals surface area contributed by atoms with Gasteiger partial charge in [-0.1, -0.05) is 12.1 Å². The third-order valence-electron chi connectivity index (χ3n) is 4.65. The minimum absolute atomic E-state index is 0.278. The van der Waals surface area contributed by atoms with E-state index in [9.17, 15) is 14.4 Å². The maximum Gasteiger partial charge on any atom is 0.343 e. The van der Waals surface area contributed by atoms with Crippen LogP contribution in [-0.2, 0) is 14.3 Å². The molecule has 166 valence electrons. The molecule has 0 N–H and O–H groups in total. The number of unbranched alkanes of at least 4 members (excludes halogenated alkanes) is 1. The summed E-state index contributed by atoms with van der Waals surface area (Å²) in [5.41, 5.74) is 0.786. The van der Waals surface area contributed by atoms with Crippen molar-refractivity contribution in [2.45, 2.75) is 19.8 Å². The van der Waals surface area contributed by atoms with Crippen LogP contribution in [0.1, 0.15) is 40.5 Å². The summed E-state index contributed by atoms with van der Waals surface area (Å²) in [7, 11) is 1.30. The molecule has 0 spiro atoms. The highest BCUT2D eigenvalue weighted by Crippen LogP contribution is 2.23. The first-order chi connectivity index (χ1) is 15.5. The summed E-state index contributed by atoms with van der Waals surface area (Å²) in [4.78, 5) is 34.7. The molecule has 0 amide bonds. The van der Waals surface area contributed by atoms with Crippen LogP contribution in [0.3, 0.4) is 0 Å². The molecule has 0 radical (unpaired) electrons. The van der Waals surface area contributed by atoms with Gasteiger partial charge in [-0.2, -0.15) is 0 Å². The Balaban J connectivity index is 1.57. The lowest BCUT2D eigenvalue weighted by molar-refractivity contribution is -0.141. The van der Waals surface area contributed by atoms with Crippen LogP contribution in [0.15, 0.2) is 60.7 Å². The van der Waals surface area contributed by atoms with Crippen molar-refractivity contribution in [2.75, 3.05) is 20.3 Å². The number of ether oxygens (including phenoxy) is 4. The number of hydrogen-bond acceptors (Lipinski definition) is 7. The number of rotatable bonds is 9. The molecule has 3 aromatic carbocycles. The van der Waals surface area contributed by atoms with E-state index in [2.05, 4.69) is 4.74 Å². The van der Waals surface area contributed by atoms with E-state index in [1.165, 1.54) is 26.2 Å². The summed E-state index contributed by atoms with van der Waals surface area (Å²) >= 11 is 0. The van der Waals surface area contributed by atoms with Crippen LogP contribution < -0.4 is 9.47 Å². The molecule has 0 saturated heterocycles. The predicted molar refractivity (Wildman–Crippen MR) is 118 cm³/mol. The molecule has 3 aromatic rings. The molecule has 7 nitrogen and oxygen atoms in total. The Kier molecular flexibility index (Phi) is 7.80. The van der Waals surface area contributed by atoms with Crippen molar-refractivity contribution >= 4 is 28.7 Å². The number of esters is 3. The predicted octanol–water partition coefficient (Wildman–Crippen LogP) is 4.57. The monoisotopic (exact) mass is 436 g/mol. The van der Waals surface area contributed by atoms with Gasteiger partial charge in [0.1, 0.15) is 11.5 Å². The van der Waals surface area contributed by atoms with Crippen molar-refractivity contribution < 1.29 is 33.3 Å². The summed E-state index contributed by atoms with van der Waals surface area (Å²) in [5, 5.41) is 1.81. The molecule has 0 heterocycles. The Morgan fingerprint density at radius 3 is 2.06 bits per heavy atom. The lowest BCUT2D eigenvalue weighted by Gasteiger charge is -2.09. The van der Waals surface area contributed by atoms with Crippen LogP contribution in [0, 0.1) is 0 Å². The number of carbonyl (C=O) groups excluding carboxylic acids is 3. The molecule has 0 bridgehead atoms. The van der Waals surface area contributed by atoms with Gasteiger partial charge in [-0.3, -0.25) is 4.79 Å². The minimum atomic E-state index is -0.495. The zero-order valence-electron chi connectivity index (χ0n) is 18.0. The number of methoxy groups -OCH3 is 1. The van der Waals surface area contributed by atoms with Crippen LogP contribution >= 0.6 is 0 Å².